The average Bonchev–Trinajstić information content (AvgIpc) is 2.94. The first-order valence-electron chi connectivity index (χ1n) is 13.4. The van der Waals surface area contributed by atoms with E-state index < -0.39 is 0 Å². The number of likely N-dealkylation sites (N-methyl/N-ethyl adjacent to an activating group) is 1. The van der Waals surface area contributed by atoms with Crippen LogP contribution in [0.4, 0.5) is 5.82 Å². The molecular formula is C28H40ClN5O4S. The zero-order valence-corrected chi connectivity index (χ0v) is 25.2. The number of thioether (sulfide) groups is 1. The Balaban J connectivity index is 1.52. The van der Waals surface area contributed by atoms with Crippen LogP contribution in [0.2, 0.25) is 5.15 Å². The maximum absolute atomic E-state index is 12.8. The Morgan fingerprint density at radius 1 is 1.13 bits per heavy atom. The van der Waals surface area contributed by atoms with Crippen LogP contribution in [0.5, 0.6) is 11.5 Å². The molecule has 1 atom stereocenters. The maximum atomic E-state index is 12.8. The zero-order valence-electron chi connectivity index (χ0n) is 23.6. The van der Waals surface area contributed by atoms with Gasteiger partial charge in [-0.05, 0) is 37.5 Å². The highest BCUT2D eigenvalue weighted by atomic mass is 35.5. The number of unbranched alkanes of at least 4 members (excludes halogenated alkanes) is 2. The monoisotopic (exact) mass is 577 g/mol. The lowest BCUT2D eigenvalue weighted by atomic mass is 10.1. The van der Waals surface area contributed by atoms with Crippen molar-refractivity contribution in [3.05, 3.63) is 35.0 Å². The molecule has 2 aromatic rings. The van der Waals surface area contributed by atoms with E-state index in [1.807, 2.05) is 23.1 Å². The van der Waals surface area contributed by atoms with Crippen LogP contribution in [0.3, 0.4) is 0 Å². The van der Waals surface area contributed by atoms with Crippen LogP contribution in [0, 0.1) is 0 Å². The van der Waals surface area contributed by atoms with Crippen LogP contribution in [0.1, 0.15) is 45.1 Å². The summed E-state index contributed by atoms with van der Waals surface area (Å²) in [5, 5.41) is 0.798. The fraction of sp³-hybridized carbons (Fsp3) is 0.571. The molecule has 1 fully saturated rings. The number of nitrogens with zero attached hydrogens (tertiary/aromatic N) is 5. The first-order valence-corrected chi connectivity index (χ1v) is 14.8. The molecular weight excluding hydrogens is 538 g/mol. The number of benzene rings is 1. The third kappa shape index (κ3) is 8.89. The van der Waals surface area contributed by atoms with Crippen LogP contribution >= 0.6 is 23.4 Å². The predicted molar refractivity (Wildman–Crippen MR) is 156 cm³/mol. The standard InChI is InChI=1S/C28H40ClN5O4S/c1-6-7-8-9-26(35)34-15-14-33(18-20(34)2)25-17-24(29)30-28(31-25)39-19-27(36)32(3)13-12-21-10-11-22(37-4)23(16-21)38-5/h10-11,16-17,20H,6-9,12-15,18-19H2,1-5H3. The van der Waals surface area contributed by atoms with Crippen LogP contribution in [-0.2, 0) is 16.0 Å². The summed E-state index contributed by atoms with van der Waals surface area (Å²) in [7, 11) is 5.00. The van der Waals surface area contributed by atoms with Crippen LogP contribution in [0.15, 0.2) is 29.4 Å². The van der Waals surface area contributed by atoms with Gasteiger partial charge < -0.3 is 24.2 Å². The Labute approximate surface area is 241 Å². The van der Waals surface area contributed by atoms with Crippen molar-refractivity contribution >= 4 is 41.0 Å². The highest BCUT2D eigenvalue weighted by Gasteiger charge is 2.28. The van der Waals surface area contributed by atoms with Crippen molar-refractivity contribution in [3.8, 4) is 11.5 Å². The number of hydrogen-bond donors (Lipinski definition) is 0. The van der Waals surface area contributed by atoms with Gasteiger partial charge in [0.25, 0.3) is 0 Å². The molecule has 1 aromatic heterocycles. The number of amides is 2. The Hall–Kier alpha value is -2.72. The summed E-state index contributed by atoms with van der Waals surface area (Å²) < 4.78 is 10.7. The normalized spacial score (nSPS) is 15.3. The number of carbonyl (C=O) groups is 2. The van der Waals surface area contributed by atoms with Gasteiger partial charge in [-0.1, -0.05) is 49.2 Å². The summed E-state index contributed by atoms with van der Waals surface area (Å²) in [6.07, 6.45) is 4.42. The molecule has 2 heterocycles. The quantitative estimate of drug-likeness (QED) is 0.148. The molecule has 1 saturated heterocycles. The molecule has 1 aromatic carbocycles. The van der Waals surface area contributed by atoms with Crippen molar-refractivity contribution in [3.63, 3.8) is 0 Å². The van der Waals surface area contributed by atoms with E-state index >= 15 is 0 Å². The number of carbonyl (C=O) groups excluding carboxylic acids is 2. The lowest BCUT2D eigenvalue weighted by Gasteiger charge is -2.40. The van der Waals surface area contributed by atoms with Crippen molar-refractivity contribution in [2.75, 3.05) is 58.1 Å². The zero-order chi connectivity index (χ0) is 28.4. The lowest BCUT2D eigenvalue weighted by Crippen LogP contribution is -2.54. The highest BCUT2D eigenvalue weighted by molar-refractivity contribution is 7.99. The second kappa shape index (κ2) is 15.2. The number of halogens is 1. The van der Waals surface area contributed by atoms with Crippen LogP contribution < -0.4 is 14.4 Å². The number of rotatable bonds is 13. The number of ether oxygens (including phenoxy) is 2. The fourth-order valence-electron chi connectivity index (χ4n) is 4.51. The number of methoxy groups -OCH3 is 2. The summed E-state index contributed by atoms with van der Waals surface area (Å²) in [6.45, 7) is 6.78. The Morgan fingerprint density at radius 2 is 1.90 bits per heavy atom. The van der Waals surface area contributed by atoms with Crippen molar-refractivity contribution in [1.82, 2.24) is 19.8 Å². The fourth-order valence-corrected chi connectivity index (χ4v) is 5.53. The maximum Gasteiger partial charge on any atom is 0.232 e. The lowest BCUT2D eigenvalue weighted by molar-refractivity contribution is -0.133. The van der Waals surface area contributed by atoms with Gasteiger partial charge in [0.15, 0.2) is 16.7 Å². The molecule has 1 unspecified atom stereocenters. The van der Waals surface area contributed by atoms with E-state index in [-0.39, 0.29) is 23.6 Å². The summed E-state index contributed by atoms with van der Waals surface area (Å²) in [5.41, 5.74) is 1.06. The van der Waals surface area contributed by atoms with E-state index in [0.717, 1.165) is 30.6 Å². The molecule has 1 aliphatic heterocycles. The van der Waals surface area contributed by atoms with Gasteiger partial charge in [-0.3, -0.25) is 9.59 Å². The van der Waals surface area contributed by atoms with Gasteiger partial charge in [0.1, 0.15) is 11.0 Å². The molecule has 0 saturated carbocycles. The Morgan fingerprint density at radius 3 is 2.59 bits per heavy atom. The second-order valence-electron chi connectivity index (χ2n) is 9.71. The molecule has 1 aliphatic rings. The SMILES string of the molecule is CCCCCC(=O)N1CCN(c2cc(Cl)nc(SCC(=O)N(C)CCc3ccc(OC)c(OC)c3)n2)CC1C. The summed E-state index contributed by atoms with van der Waals surface area (Å²) >= 11 is 7.60. The highest BCUT2D eigenvalue weighted by Crippen LogP contribution is 2.28. The van der Waals surface area contributed by atoms with Gasteiger partial charge in [-0.2, -0.15) is 0 Å². The number of aromatic nitrogens is 2. The molecule has 3 rings (SSSR count). The summed E-state index contributed by atoms with van der Waals surface area (Å²) in [4.78, 5) is 40.2. The van der Waals surface area contributed by atoms with Crippen molar-refractivity contribution in [2.45, 2.75) is 57.1 Å². The van der Waals surface area contributed by atoms with Gasteiger partial charge in [0, 0.05) is 51.8 Å². The van der Waals surface area contributed by atoms with Crippen LogP contribution in [0.25, 0.3) is 0 Å². The van der Waals surface area contributed by atoms with Gasteiger partial charge >= 0.3 is 0 Å². The van der Waals surface area contributed by atoms with Gasteiger partial charge in [0.05, 0.1) is 20.0 Å². The minimum Gasteiger partial charge on any atom is -0.493 e. The van der Waals surface area contributed by atoms with Crippen LogP contribution in [-0.4, -0.2) is 90.8 Å². The molecule has 2 amide bonds. The minimum atomic E-state index is -0.0191. The van der Waals surface area contributed by atoms with Gasteiger partial charge in [-0.15, -0.1) is 0 Å². The average molecular weight is 578 g/mol. The molecule has 11 heteroatoms. The van der Waals surface area contributed by atoms with E-state index in [0.29, 0.717) is 60.8 Å². The minimum absolute atomic E-state index is 0.0191. The van der Waals surface area contributed by atoms with Crippen molar-refractivity contribution < 1.29 is 19.1 Å². The molecule has 0 N–H and O–H groups in total. The predicted octanol–water partition coefficient (Wildman–Crippen LogP) is 4.56. The molecule has 0 spiro atoms. The van der Waals surface area contributed by atoms with E-state index in [2.05, 4.69) is 28.7 Å². The molecule has 214 valence electrons. The summed E-state index contributed by atoms with van der Waals surface area (Å²) in [5.74, 6) is 2.48. The number of anilines is 1. The first-order chi connectivity index (χ1) is 18.7. The molecule has 0 radical (unpaired) electrons. The van der Waals surface area contributed by atoms with E-state index in [9.17, 15) is 9.59 Å². The number of hydrogen-bond acceptors (Lipinski definition) is 8. The molecule has 0 aliphatic carbocycles. The van der Waals surface area contributed by atoms with Gasteiger partial charge in [0.2, 0.25) is 11.8 Å². The Kier molecular flexibility index (Phi) is 12.0. The largest absolute Gasteiger partial charge is 0.493 e. The van der Waals surface area contributed by atoms with Gasteiger partial charge in [-0.25, -0.2) is 9.97 Å². The van der Waals surface area contributed by atoms with E-state index in [1.165, 1.54) is 11.8 Å². The third-order valence-corrected chi connectivity index (χ3v) is 7.89. The number of piperazine rings is 1. The van der Waals surface area contributed by atoms with E-state index in [4.69, 9.17) is 21.1 Å². The molecule has 39 heavy (non-hydrogen) atoms. The third-order valence-electron chi connectivity index (χ3n) is 6.86. The second-order valence-corrected chi connectivity index (χ2v) is 11.0. The Bertz CT molecular complexity index is 1120. The molecule has 0 bridgehead atoms. The molecule has 9 nitrogen and oxygen atoms in total. The first kappa shape index (κ1) is 30.8. The van der Waals surface area contributed by atoms with E-state index in [1.54, 1.807) is 32.2 Å². The van der Waals surface area contributed by atoms with Crippen molar-refractivity contribution in [1.29, 1.82) is 0 Å². The summed E-state index contributed by atoms with van der Waals surface area (Å²) in [6, 6.07) is 7.59. The topological polar surface area (TPSA) is 88.1 Å². The smallest absolute Gasteiger partial charge is 0.232 e. The van der Waals surface area contributed by atoms with Crippen molar-refractivity contribution in [2.24, 2.45) is 0 Å².